The number of rotatable bonds is 9. The number of nitro benzene ring substituents is 1. The monoisotopic (exact) mass is 612 g/mol. The maximum Gasteiger partial charge on any atom is 0.424 e. The number of halogens is 2. The zero-order valence-corrected chi connectivity index (χ0v) is 23.5. The third-order valence-corrected chi connectivity index (χ3v) is 8.99. The van der Waals surface area contributed by atoms with Crippen molar-refractivity contribution in [2.45, 2.75) is 49.2 Å². The van der Waals surface area contributed by atoms with Crippen molar-refractivity contribution in [1.29, 1.82) is 0 Å². The minimum atomic E-state index is -5.06. The number of ether oxygens (including phenoxy) is 1. The van der Waals surface area contributed by atoms with Crippen LogP contribution in [-0.2, 0) is 21.4 Å². The Morgan fingerprint density at radius 3 is 2.47 bits per heavy atom. The average molecular weight is 613 g/mol. The van der Waals surface area contributed by atoms with E-state index in [2.05, 4.69) is 16.5 Å². The summed E-state index contributed by atoms with van der Waals surface area (Å²) in [5.74, 6) is -4.18. The van der Waals surface area contributed by atoms with Gasteiger partial charge in [0.2, 0.25) is 11.8 Å². The second-order valence-electron chi connectivity index (χ2n) is 10.0. The number of fused-ring (bicyclic) bond motifs is 1. The van der Waals surface area contributed by atoms with E-state index in [-0.39, 0.29) is 36.6 Å². The van der Waals surface area contributed by atoms with Crippen LogP contribution >= 0.6 is 0 Å². The number of sulfonamides is 1. The molecule has 14 heteroatoms. The number of benzene rings is 2. The van der Waals surface area contributed by atoms with Gasteiger partial charge in [0.25, 0.3) is 15.7 Å². The van der Waals surface area contributed by atoms with Gasteiger partial charge in [-0.1, -0.05) is 49.0 Å². The van der Waals surface area contributed by atoms with Gasteiger partial charge in [-0.15, -0.1) is 0 Å². The predicted molar refractivity (Wildman–Crippen MR) is 150 cm³/mol. The molecule has 1 fully saturated rings. The summed E-state index contributed by atoms with van der Waals surface area (Å²) in [4.78, 5) is 32.6. The third kappa shape index (κ3) is 6.23. The molecule has 1 unspecified atom stereocenters. The van der Waals surface area contributed by atoms with E-state index in [9.17, 15) is 32.1 Å². The largest absolute Gasteiger partial charge is 0.444 e. The number of hydrogen-bond acceptors (Lipinski definition) is 9. The Bertz CT molecular complexity index is 1770. The van der Waals surface area contributed by atoms with Gasteiger partial charge in [0.05, 0.1) is 10.6 Å². The fraction of sp³-hybridized carbons (Fsp3) is 0.276. The molecule has 43 heavy (non-hydrogen) atoms. The maximum absolute atomic E-state index is 14.3. The van der Waals surface area contributed by atoms with Crippen LogP contribution in [0.1, 0.15) is 48.9 Å². The SMILES string of the molecule is C=Cc1ccc2oc(C(C3CCC(F)(F)CC3)N(C(=O)OCc3ccccc3)S(=O)(=O)c3ccccc3[N+](=O)[O-])nc2n1. The first-order chi connectivity index (χ1) is 20.5. The minimum absolute atomic E-state index is 0.0687. The summed E-state index contributed by atoms with van der Waals surface area (Å²) in [6, 6.07) is 14.5. The van der Waals surface area contributed by atoms with Gasteiger partial charge in [-0.25, -0.2) is 27.0 Å². The lowest BCUT2D eigenvalue weighted by atomic mass is 9.82. The van der Waals surface area contributed by atoms with Gasteiger partial charge < -0.3 is 9.15 Å². The van der Waals surface area contributed by atoms with Gasteiger partial charge in [0, 0.05) is 18.9 Å². The van der Waals surface area contributed by atoms with Crippen LogP contribution in [-0.4, -0.2) is 39.6 Å². The quantitative estimate of drug-likeness (QED) is 0.149. The third-order valence-electron chi connectivity index (χ3n) is 7.20. The highest BCUT2D eigenvalue weighted by Crippen LogP contribution is 2.46. The van der Waals surface area contributed by atoms with Crippen LogP contribution in [0.15, 0.2) is 82.6 Å². The van der Waals surface area contributed by atoms with Crippen molar-refractivity contribution in [3.05, 3.63) is 101 Å². The summed E-state index contributed by atoms with van der Waals surface area (Å²) in [5, 5.41) is 11.8. The van der Waals surface area contributed by atoms with E-state index in [1.54, 1.807) is 36.4 Å². The molecule has 1 amide bonds. The van der Waals surface area contributed by atoms with Gasteiger partial charge in [0.15, 0.2) is 16.1 Å². The molecule has 4 aromatic rings. The van der Waals surface area contributed by atoms with Gasteiger partial charge in [-0.3, -0.25) is 10.1 Å². The number of nitro groups is 1. The van der Waals surface area contributed by atoms with E-state index in [4.69, 9.17) is 9.15 Å². The van der Waals surface area contributed by atoms with Crippen LogP contribution in [0.4, 0.5) is 19.3 Å². The fourth-order valence-electron chi connectivity index (χ4n) is 5.04. The number of carbonyl (C=O) groups is 1. The molecule has 0 bridgehead atoms. The second kappa shape index (κ2) is 11.9. The number of aromatic nitrogens is 2. The molecule has 1 saturated carbocycles. The zero-order chi connectivity index (χ0) is 30.8. The van der Waals surface area contributed by atoms with Crippen LogP contribution in [0.3, 0.4) is 0 Å². The molecule has 2 aromatic carbocycles. The molecule has 5 rings (SSSR count). The van der Waals surface area contributed by atoms with Crippen molar-refractivity contribution in [1.82, 2.24) is 14.3 Å². The normalized spacial score (nSPS) is 16.0. The molecule has 0 radical (unpaired) electrons. The smallest absolute Gasteiger partial charge is 0.424 e. The second-order valence-corrected chi connectivity index (χ2v) is 11.8. The molecule has 2 aromatic heterocycles. The highest BCUT2D eigenvalue weighted by atomic mass is 32.2. The number of nitrogens with zero attached hydrogens (tertiary/aromatic N) is 4. The van der Waals surface area contributed by atoms with Gasteiger partial charge >= 0.3 is 6.09 Å². The Morgan fingerprint density at radius 1 is 1.12 bits per heavy atom. The van der Waals surface area contributed by atoms with Gasteiger partial charge in [-0.2, -0.15) is 9.29 Å². The molecule has 2 heterocycles. The van der Waals surface area contributed by atoms with Gasteiger partial charge in [-0.05, 0) is 48.6 Å². The summed E-state index contributed by atoms with van der Waals surface area (Å²) in [5.41, 5.74) is 0.405. The molecule has 0 spiro atoms. The zero-order valence-electron chi connectivity index (χ0n) is 22.6. The van der Waals surface area contributed by atoms with Crippen molar-refractivity contribution in [3.63, 3.8) is 0 Å². The van der Waals surface area contributed by atoms with Crippen molar-refractivity contribution >= 4 is 39.1 Å². The van der Waals surface area contributed by atoms with E-state index in [1.807, 2.05) is 0 Å². The Labute approximate surface area is 245 Å². The average Bonchev–Trinajstić information content (AvgIpc) is 3.42. The molecule has 1 aliphatic rings. The fourth-order valence-corrected chi connectivity index (χ4v) is 6.72. The first-order valence-electron chi connectivity index (χ1n) is 13.3. The van der Waals surface area contributed by atoms with Gasteiger partial charge in [0.1, 0.15) is 12.6 Å². The van der Waals surface area contributed by atoms with Crippen molar-refractivity contribution in [2.24, 2.45) is 5.92 Å². The first kappa shape index (κ1) is 29.8. The Hall–Kier alpha value is -4.72. The lowest BCUT2D eigenvalue weighted by Crippen LogP contribution is -2.45. The molecule has 1 atom stereocenters. The standard InChI is InChI=1S/C29H26F2N4O7S/c1-2-21-12-13-23-26(32-21)33-27(42-23)25(20-14-16-29(30,31)17-15-20)34(28(36)41-18-19-8-4-3-5-9-19)43(39,40)24-11-7-6-10-22(24)35(37)38/h2-13,20,25H,1,14-18H2. The molecule has 11 nitrogen and oxygen atoms in total. The van der Waals surface area contributed by atoms with E-state index in [1.165, 1.54) is 24.3 Å². The summed E-state index contributed by atoms with van der Waals surface area (Å²) >= 11 is 0. The number of oxazole rings is 1. The van der Waals surface area contributed by atoms with Crippen molar-refractivity contribution < 1.29 is 36.1 Å². The summed E-state index contributed by atoms with van der Waals surface area (Å²) in [7, 11) is -5.06. The summed E-state index contributed by atoms with van der Waals surface area (Å²) in [6.45, 7) is 3.32. The number of carbonyl (C=O) groups excluding carboxylic acids is 1. The summed E-state index contributed by atoms with van der Waals surface area (Å²) in [6.07, 6.45) is -1.47. The van der Waals surface area contributed by atoms with E-state index in [0.29, 0.717) is 15.6 Å². The van der Waals surface area contributed by atoms with Crippen LogP contribution in [0.2, 0.25) is 0 Å². The van der Waals surface area contributed by atoms with Crippen LogP contribution in [0.5, 0.6) is 0 Å². The molecular weight excluding hydrogens is 586 g/mol. The molecule has 1 aliphatic carbocycles. The number of pyridine rings is 1. The molecule has 0 saturated heterocycles. The van der Waals surface area contributed by atoms with Crippen LogP contribution in [0, 0.1) is 16.0 Å². The number of amides is 1. The Kier molecular flexibility index (Phi) is 8.22. The summed E-state index contributed by atoms with van der Waals surface area (Å²) < 4.78 is 68.7. The van der Waals surface area contributed by atoms with E-state index >= 15 is 0 Å². The lowest BCUT2D eigenvalue weighted by molar-refractivity contribution is -0.387. The maximum atomic E-state index is 14.3. The van der Waals surface area contributed by atoms with Crippen LogP contribution in [0.25, 0.3) is 17.3 Å². The topological polar surface area (TPSA) is 146 Å². The van der Waals surface area contributed by atoms with Crippen molar-refractivity contribution in [2.75, 3.05) is 0 Å². The minimum Gasteiger partial charge on any atom is -0.444 e. The first-order valence-corrected chi connectivity index (χ1v) is 14.7. The molecule has 224 valence electrons. The molecule has 0 N–H and O–H groups in total. The highest BCUT2D eigenvalue weighted by molar-refractivity contribution is 7.89. The highest BCUT2D eigenvalue weighted by Gasteiger charge is 2.49. The number of alkyl halides is 2. The molecular formula is C29H26F2N4O7S. The van der Waals surface area contributed by atoms with Crippen LogP contribution < -0.4 is 0 Å². The van der Waals surface area contributed by atoms with Crippen molar-refractivity contribution in [3.8, 4) is 0 Å². The Balaban J connectivity index is 1.68. The van der Waals surface area contributed by atoms with E-state index in [0.717, 1.165) is 12.1 Å². The lowest BCUT2D eigenvalue weighted by Gasteiger charge is -2.37. The number of para-hydroxylation sites is 1. The van der Waals surface area contributed by atoms with E-state index < -0.39 is 62.3 Å². The predicted octanol–water partition coefficient (Wildman–Crippen LogP) is 6.67. The Morgan fingerprint density at radius 2 is 1.79 bits per heavy atom. The molecule has 0 aliphatic heterocycles. The number of hydrogen-bond donors (Lipinski definition) is 0.